The Morgan fingerprint density at radius 1 is 1.29 bits per heavy atom. The molecule has 17 heavy (non-hydrogen) atoms. The molecule has 0 aromatic rings. The van der Waals surface area contributed by atoms with Crippen molar-refractivity contribution in [2.75, 3.05) is 32.4 Å². The van der Waals surface area contributed by atoms with E-state index in [9.17, 15) is 13.2 Å². The minimum atomic E-state index is -3.28. The van der Waals surface area contributed by atoms with Gasteiger partial charge < -0.3 is 4.90 Å². The Hall–Kier alpha value is -0.620. The van der Waals surface area contributed by atoms with Crippen molar-refractivity contribution in [3.8, 4) is 0 Å². The molecular formula is C11H22N2O3S. The number of nitrogens with zero attached hydrogens (tertiary/aromatic N) is 2. The largest absolute Gasteiger partial charge is 0.342 e. The highest BCUT2D eigenvalue weighted by Gasteiger charge is 2.24. The number of hydrogen-bond donors (Lipinski definition) is 0. The molecule has 0 aromatic heterocycles. The molecule has 100 valence electrons. The molecule has 1 heterocycles. The summed E-state index contributed by atoms with van der Waals surface area (Å²) < 4.78 is 24.4. The van der Waals surface area contributed by atoms with E-state index in [4.69, 9.17) is 0 Å². The van der Waals surface area contributed by atoms with Gasteiger partial charge in [-0.15, -0.1) is 0 Å². The Morgan fingerprint density at radius 2 is 1.88 bits per heavy atom. The van der Waals surface area contributed by atoms with Crippen LogP contribution in [0.4, 0.5) is 0 Å². The van der Waals surface area contributed by atoms with Crippen LogP contribution in [0.25, 0.3) is 0 Å². The molecule has 0 atom stereocenters. The van der Waals surface area contributed by atoms with E-state index in [0.717, 1.165) is 38.8 Å². The van der Waals surface area contributed by atoms with Crippen LogP contribution < -0.4 is 0 Å². The Morgan fingerprint density at radius 3 is 2.35 bits per heavy atom. The standard InChI is InChI=1S/C11H22N2O3S/c1-3-4-9-13(17(2,15)16)10-11(14)12-7-5-6-8-12/h3-10H2,1-2H3. The third-order valence-corrected chi connectivity index (χ3v) is 4.25. The number of likely N-dealkylation sites (tertiary alicyclic amines) is 1. The first kappa shape index (κ1) is 14.4. The van der Waals surface area contributed by atoms with Gasteiger partial charge in [0, 0.05) is 19.6 Å². The maximum absolute atomic E-state index is 11.9. The van der Waals surface area contributed by atoms with Gasteiger partial charge in [0.1, 0.15) is 0 Å². The van der Waals surface area contributed by atoms with Gasteiger partial charge >= 0.3 is 0 Å². The Bertz CT molecular complexity index is 348. The summed E-state index contributed by atoms with van der Waals surface area (Å²) in [5.74, 6) is -0.0657. The van der Waals surface area contributed by atoms with E-state index in [1.165, 1.54) is 10.6 Å². The lowest BCUT2D eigenvalue weighted by atomic mass is 10.3. The molecule has 0 aliphatic carbocycles. The molecule has 0 saturated carbocycles. The average molecular weight is 262 g/mol. The molecule has 1 rings (SSSR count). The zero-order chi connectivity index (χ0) is 12.9. The van der Waals surface area contributed by atoms with Crippen LogP contribution in [0.15, 0.2) is 0 Å². The van der Waals surface area contributed by atoms with Crippen molar-refractivity contribution in [3.05, 3.63) is 0 Å². The van der Waals surface area contributed by atoms with Gasteiger partial charge in [0.05, 0.1) is 12.8 Å². The van der Waals surface area contributed by atoms with Crippen molar-refractivity contribution in [2.24, 2.45) is 0 Å². The van der Waals surface area contributed by atoms with Gasteiger partial charge in [0.2, 0.25) is 15.9 Å². The van der Waals surface area contributed by atoms with Crippen LogP contribution >= 0.6 is 0 Å². The average Bonchev–Trinajstić information content (AvgIpc) is 2.75. The highest BCUT2D eigenvalue weighted by atomic mass is 32.2. The number of carbonyl (C=O) groups excluding carboxylic acids is 1. The number of sulfonamides is 1. The van der Waals surface area contributed by atoms with Crippen molar-refractivity contribution in [3.63, 3.8) is 0 Å². The molecule has 1 aliphatic rings. The minimum Gasteiger partial charge on any atom is -0.342 e. The summed E-state index contributed by atoms with van der Waals surface area (Å²) in [5.41, 5.74) is 0. The predicted octanol–water partition coefficient (Wildman–Crippen LogP) is 0.671. The lowest BCUT2D eigenvalue weighted by Gasteiger charge is -2.22. The van der Waals surface area contributed by atoms with Crippen LogP contribution in [0.3, 0.4) is 0 Å². The maximum Gasteiger partial charge on any atom is 0.237 e. The lowest BCUT2D eigenvalue weighted by Crippen LogP contribution is -2.41. The fourth-order valence-electron chi connectivity index (χ4n) is 1.91. The van der Waals surface area contributed by atoms with Crippen LogP contribution in [0.1, 0.15) is 32.6 Å². The van der Waals surface area contributed by atoms with Gasteiger partial charge in [-0.1, -0.05) is 13.3 Å². The summed E-state index contributed by atoms with van der Waals surface area (Å²) in [6.45, 7) is 3.98. The third-order valence-electron chi connectivity index (χ3n) is 3.00. The highest BCUT2D eigenvalue weighted by molar-refractivity contribution is 7.88. The van der Waals surface area contributed by atoms with E-state index < -0.39 is 10.0 Å². The fraction of sp³-hybridized carbons (Fsp3) is 0.909. The summed E-state index contributed by atoms with van der Waals surface area (Å²) in [4.78, 5) is 13.6. The zero-order valence-electron chi connectivity index (χ0n) is 10.7. The summed E-state index contributed by atoms with van der Waals surface area (Å²) in [5, 5.41) is 0. The van der Waals surface area contributed by atoms with Crippen molar-refractivity contribution in [1.29, 1.82) is 0 Å². The maximum atomic E-state index is 11.9. The fourth-order valence-corrected chi connectivity index (χ4v) is 2.72. The van der Waals surface area contributed by atoms with E-state index in [2.05, 4.69) is 0 Å². The first-order valence-corrected chi connectivity index (χ1v) is 8.03. The topological polar surface area (TPSA) is 57.7 Å². The molecule has 1 saturated heterocycles. The smallest absolute Gasteiger partial charge is 0.237 e. The summed E-state index contributed by atoms with van der Waals surface area (Å²) in [6, 6.07) is 0. The summed E-state index contributed by atoms with van der Waals surface area (Å²) >= 11 is 0. The van der Waals surface area contributed by atoms with Gasteiger partial charge in [-0.3, -0.25) is 4.79 Å². The number of amides is 1. The number of unbranched alkanes of at least 4 members (excludes halogenated alkanes) is 1. The Balaban J connectivity index is 2.56. The zero-order valence-corrected chi connectivity index (χ0v) is 11.5. The van der Waals surface area contributed by atoms with E-state index in [-0.39, 0.29) is 12.5 Å². The normalized spacial score (nSPS) is 16.8. The van der Waals surface area contributed by atoms with Crippen molar-refractivity contribution in [1.82, 2.24) is 9.21 Å². The van der Waals surface area contributed by atoms with E-state index in [1.807, 2.05) is 6.92 Å². The second-order valence-electron chi connectivity index (χ2n) is 4.54. The highest BCUT2D eigenvalue weighted by Crippen LogP contribution is 2.09. The quantitative estimate of drug-likeness (QED) is 0.707. The van der Waals surface area contributed by atoms with Crippen molar-refractivity contribution in [2.45, 2.75) is 32.6 Å². The second kappa shape index (κ2) is 6.35. The molecule has 1 amide bonds. The van der Waals surface area contributed by atoms with E-state index in [1.54, 1.807) is 4.90 Å². The monoisotopic (exact) mass is 262 g/mol. The van der Waals surface area contributed by atoms with Crippen LogP contribution in [0.2, 0.25) is 0 Å². The van der Waals surface area contributed by atoms with Gasteiger partial charge in [0.15, 0.2) is 0 Å². The summed E-state index contributed by atoms with van der Waals surface area (Å²) in [7, 11) is -3.28. The van der Waals surface area contributed by atoms with E-state index in [0.29, 0.717) is 6.54 Å². The molecular weight excluding hydrogens is 240 g/mol. The molecule has 0 unspecified atom stereocenters. The van der Waals surface area contributed by atoms with Crippen LogP contribution in [0.5, 0.6) is 0 Å². The third kappa shape index (κ3) is 4.63. The Kier molecular flexibility index (Phi) is 5.39. The lowest BCUT2D eigenvalue weighted by molar-refractivity contribution is -0.130. The molecule has 5 nitrogen and oxygen atoms in total. The number of carbonyl (C=O) groups is 1. The van der Waals surface area contributed by atoms with Crippen LogP contribution in [-0.2, 0) is 14.8 Å². The molecule has 0 bridgehead atoms. The SMILES string of the molecule is CCCCN(CC(=O)N1CCCC1)S(C)(=O)=O. The first-order valence-electron chi connectivity index (χ1n) is 6.18. The second-order valence-corrected chi connectivity index (χ2v) is 6.52. The van der Waals surface area contributed by atoms with E-state index >= 15 is 0 Å². The minimum absolute atomic E-state index is 0.00116. The summed E-state index contributed by atoms with van der Waals surface area (Å²) in [6.07, 6.45) is 4.93. The molecule has 0 radical (unpaired) electrons. The van der Waals surface area contributed by atoms with Crippen LogP contribution in [-0.4, -0.2) is 56.0 Å². The Labute approximate surface area is 104 Å². The molecule has 1 fully saturated rings. The number of hydrogen-bond acceptors (Lipinski definition) is 3. The molecule has 6 heteroatoms. The molecule has 0 spiro atoms. The van der Waals surface area contributed by atoms with Crippen LogP contribution in [0, 0.1) is 0 Å². The first-order chi connectivity index (χ1) is 7.95. The molecule has 0 N–H and O–H groups in total. The molecule has 1 aliphatic heterocycles. The van der Waals surface area contributed by atoms with Gasteiger partial charge in [-0.25, -0.2) is 8.42 Å². The van der Waals surface area contributed by atoms with Gasteiger partial charge in [-0.05, 0) is 19.3 Å². The number of rotatable bonds is 6. The van der Waals surface area contributed by atoms with Gasteiger partial charge in [-0.2, -0.15) is 4.31 Å². The van der Waals surface area contributed by atoms with Gasteiger partial charge in [0.25, 0.3) is 0 Å². The van der Waals surface area contributed by atoms with Crippen molar-refractivity contribution < 1.29 is 13.2 Å². The van der Waals surface area contributed by atoms with Crippen molar-refractivity contribution >= 4 is 15.9 Å². The molecule has 0 aromatic carbocycles. The predicted molar refractivity (Wildman–Crippen MR) is 67.1 cm³/mol.